The van der Waals surface area contributed by atoms with Gasteiger partial charge in [0.25, 0.3) is 0 Å². The van der Waals surface area contributed by atoms with E-state index < -0.39 is 6.29 Å². The summed E-state index contributed by atoms with van der Waals surface area (Å²) >= 11 is 0. The Balaban J connectivity index is 1.69. The van der Waals surface area contributed by atoms with Crippen LogP contribution < -0.4 is 15.2 Å². The van der Waals surface area contributed by atoms with E-state index in [0.717, 1.165) is 16.5 Å². The molecule has 3 aromatic carbocycles. The van der Waals surface area contributed by atoms with E-state index in [1.54, 1.807) is 48.2 Å². The molecule has 0 atom stereocenters. The lowest BCUT2D eigenvalue weighted by Gasteiger charge is -2.13. The molecule has 0 saturated heterocycles. The van der Waals surface area contributed by atoms with E-state index in [1.807, 2.05) is 25.2 Å². The summed E-state index contributed by atoms with van der Waals surface area (Å²) in [5.74, 6) is 0.730. The number of fused-ring (bicyclic) bond motifs is 1. The molecule has 4 N–H and O–H groups in total. The molecule has 0 spiro atoms. The Hall–Kier alpha value is -3.46. The highest BCUT2D eigenvalue weighted by Crippen LogP contribution is 2.31. The molecule has 33 heavy (non-hydrogen) atoms. The number of rotatable bonds is 8. The second-order valence-electron chi connectivity index (χ2n) is 7.73. The van der Waals surface area contributed by atoms with E-state index in [2.05, 4.69) is 5.10 Å². The normalized spacial score (nSPS) is 11.4. The van der Waals surface area contributed by atoms with E-state index >= 15 is 0 Å². The van der Waals surface area contributed by atoms with Crippen LogP contribution in [0.25, 0.3) is 22.0 Å². The third-order valence-electron chi connectivity index (χ3n) is 5.58. The average molecular weight is 451 g/mol. The highest BCUT2D eigenvalue weighted by Gasteiger charge is 2.15. The van der Waals surface area contributed by atoms with Crippen LogP contribution in [0.5, 0.6) is 11.5 Å². The molecule has 0 saturated carbocycles. The van der Waals surface area contributed by atoms with E-state index in [0.29, 0.717) is 33.9 Å². The number of aliphatic hydroxyl groups is 2. The van der Waals surface area contributed by atoms with Gasteiger partial charge in [-0.1, -0.05) is 30.3 Å². The summed E-state index contributed by atoms with van der Waals surface area (Å²) in [5.41, 5.74) is 9.49. The van der Waals surface area contributed by atoms with Crippen molar-refractivity contribution in [1.82, 2.24) is 9.78 Å². The zero-order valence-corrected chi connectivity index (χ0v) is 18.5. The number of hydrogen-bond acceptors (Lipinski definition) is 6. The summed E-state index contributed by atoms with van der Waals surface area (Å²) in [4.78, 5) is 0. The molecule has 0 aliphatic rings. The molecule has 0 radical (unpaired) electrons. The number of ether oxygens (including phenoxy) is 2. The van der Waals surface area contributed by atoms with E-state index in [4.69, 9.17) is 15.2 Å². The smallest absolute Gasteiger partial charge is 0.155 e. The number of aryl methyl sites for hydroxylation is 1. The van der Waals surface area contributed by atoms with Crippen LogP contribution in [0.1, 0.15) is 16.8 Å². The van der Waals surface area contributed by atoms with Crippen LogP contribution in [0.15, 0.2) is 54.6 Å². The largest absolute Gasteiger partial charge is 0.497 e. The number of nitrogens with two attached hydrogens (primary N) is 1. The van der Waals surface area contributed by atoms with Gasteiger partial charge in [-0.3, -0.25) is 4.68 Å². The van der Waals surface area contributed by atoms with Gasteiger partial charge in [0.2, 0.25) is 0 Å². The van der Waals surface area contributed by atoms with Crippen LogP contribution in [0.4, 0.5) is 4.39 Å². The Morgan fingerprint density at radius 3 is 2.64 bits per heavy atom. The van der Waals surface area contributed by atoms with Gasteiger partial charge in [-0.05, 0) is 29.3 Å². The van der Waals surface area contributed by atoms with E-state index in [9.17, 15) is 14.6 Å². The SMILES string of the molecule is COc1ccc(CC(O)O)c(OCc2nn(C)c3ccc(-c4cccc(CN)c4F)cc23)c1. The van der Waals surface area contributed by atoms with Crippen molar-refractivity contribution in [3.8, 4) is 22.6 Å². The molecular formula is C25H26FN3O4. The molecule has 0 unspecified atom stereocenters. The van der Waals surface area contributed by atoms with Crippen molar-refractivity contribution in [2.45, 2.75) is 25.9 Å². The van der Waals surface area contributed by atoms with Gasteiger partial charge in [0.05, 0.1) is 12.6 Å². The maximum atomic E-state index is 14.9. The molecule has 0 bridgehead atoms. The number of aliphatic hydroxyl groups excluding tert-OH is 1. The molecule has 8 heteroatoms. The van der Waals surface area contributed by atoms with Gasteiger partial charge in [-0.25, -0.2) is 4.39 Å². The maximum Gasteiger partial charge on any atom is 0.155 e. The average Bonchev–Trinajstić information content (AvgIpc) is 3.13. The second-order valence-corrected chi connectivity index (χ2v) is 7.73. The van der Waals surface area contributed by atoms with Crippen molar-refractivity contribution in [2.75, 3.05) is 7.11 Å². The molecule has 0 fully saturated rings. The van der Waals surface area contributed by atoms with E-state index in [1.165, 1.54) is 0 Å². The van der Waals surface area contributed by atoms with Gasteiger partial charge >= 0.3 is 0 Å². The Kier molecular flexibility index (Phi) is 6.60. The van der Waals surface area contributed by atoms with Crippen LogP contribution in [0, 0.1) is 5.82 Å². The Morgan fingerprint density at radius 1 is 1.09 bits per heavy atom. The van der Waals surface area contributed by atoms with Crippen LogP contribution in [-0.4, -0.2) is 33.4 Å². The van der Waals surface area contributed by atoms with Gasteiger partial charge in [-0.2, -0.15) is 5.10 Å². The van der Waals surface area contributed by atoms with Gasteiger partial charge in [0, 0.05) is 42.6 Å². The lowest BCUT2D eigenvalue weighted by Crippen LogP contribution is -2.10. The van der Waals surface area contributed by atoms with Crippen LogP contribution in [0.3, 0.4) is 0 Å². The molecule has 1 heterocycles. The Morgan fingerprint density at radius 2 is 1.91 bits per heavy atom. The zero-order valence-electron chi connectivity index (χ0n) is 18.5. The first-order chi connectivity index (χ1) is 15.9. The summed E-state index contributed by atoms with van der Waals surface area (Å²) in [6, 6.07) is 16.0. The van der Waals surface area contributed by atoms with Gasteiger partial charge < -0.3 is 25.4 Å². The monoisotopic (exact) mass is 451 g/mol. The number of nitrogens with zero attached hydrogens (tertiary/aromatic N) is 2. The lowest BCUT2D eigenvalue weighted by molar-refractivity contribution is -0.0385. The van der Waals surface area contributed by atoms with Gasteiger partial charge in [-0.15, -0.1) is 0 Å². The molecular weight excluding hydrogens is 425 g/mol. The highest BCUT2D eigenvalue weighted by molar-refractivity contribution is 5.87. The predicted octanol–water partition coefficient (Wildman–Crippen LogP) is 3.28. The minimum atomic E-state index is -1.50. The number of aromatic nitrogens is 2. The van der Waals surface area contributed by atoms with Crippen molar-refractivity contribution in [3.05, 3.63) is 77.2 Å². The van der Waals surface area contributed by atoms with Crippen molar-refractivity contribution >= 4 is 10.9 Å². The number of methoxy groups -OCH3 is 1. The van der Waals surface area contributed by atoms with Crippen molar-refractivity contribution < 1.29 is 24.1 Å². The second kappa shape index (κ2) is 9.58. The molecule has 0 aliphatic carbocycles. The molecule has 4 aromatic rings. The third kappa shape index (κ3) is 4.68. The minimum Gasteiger partial charge on any atom is -0.497 e. The fourth-order valence-corrected chi connectivity index (χ4v) is 3.88. The summed E-state index contributed by atoms with van der Waals surface area (Å²) in [7, 11) is 3.38. The third-order valence-corrected chi connectivity index (χ3v) is 5.58. The zero-order chi connectivity index (χ0) is 23.5. The first-order valence-corrected chi connectivity index (χ1v) is 10.5. The summed E-state index contributed by atoms with van der Waals surface area (Å²) < 4.78 is 27.9. The number of benzene rings is 3. The fraction of sp³-hybridized carbons (Fsp3) is 0.240. The van der Waals surface area contributed by atoms with Crippen LogP contribution >= 0.6 is 0 Å². The quantitative estimate of drug-likeness (QED) is 0.355. The van der Waals surface area contributed by atoms with Crippen molar-refractivity contribution in [3.63, 3.8) is 0 Å². The summed E-state index contributed by atoms with van der Waals surface area (Å²) in [5, 5.41) is 24.2. The molecule has 0 amide bonds. The highest BCUT2D eigenvalue weighted by atomic mass is 19.1. The van der Waals surface area contributed by atoms with Gasteiger partial charge in [0.15, 0.2) is 6.29 Å². The van der Waals surface area contributed by atoms with E-state index in [-0.39, 0.29) is 25.4 Å². The first kappa shape index (κ1) is 22.7. The number of halogens is 1. The maximum absolute atomic E-state index is 14.9. The van der Waals surface area contributed by atoms with Crippen molar-refractivity contribution in [2.24, 2.45) is 12.8 Å². The Bertz CT molecular complexity index is 1290. The van der Waals surface area contributed by atoms with Gasteiger partial charge in [0.1, 0.15) is 29.6 Å². The standard InChI is InChI=1S/C25H26FN3O4/c1-29-22-9-7-15(19-5-3-4-17(13-27)25(19)26)10-20(22)21(28-29)14-33-23-12-18(32-2)8-6-16(23)11-24(30)31/h3-10,12,24,30-31H,11,13-14,27H2,1-2H3. The topological polar surface area (TPSA) is 103 Å². The molecule has 7 nitrogen and oxygen atoms in total. The van der Waals surface area contributed by atoms with Crippen molar-refractivity contribution in [1.29, 1.82) is 0 Å². The van der Waals surface area contributed by atoms with Crippen LogP contribution in [0.2, 0.25) is 0 Å². The predicted molar refractivity (Wildman–Crippen MR) is 123 cm³/mol. The summed E-state index contributed by atoms with van der Waals surface area (Å²) in [6.07, 6.45) is -1.48. The first-order valence-electron chi connectivity index (χ1n) is 10.5. The molecule has 0 aliphatic heterocycles. The summed E-state index contributed by atoms with van der Waals surface area (Å²) in [6.45, 7) is 0.257. The molecule has 1 aromatic heterocycles. The minimum absolute atomic E-state index is 0.0171. The van der Waals surface area contributed by atoms with Crippen LogP contribution in [-0.2, 0) is 26.6 Å². The molecule has 172 valence electrons. The fourth-order valence-electron chi connectivity index (χ4n) is 3.88. The molecule has 4 rings (SSSR count). The number of hydrogen-bond donors (Lipinski definition) is 3. The lowest BCUT2D eigenvalue weighted by atomic mass is 10.00. The Labute approximate surface area is 190 Å².